The van der Waals surface area contributed by atoms with E-state index in [0.717, 1.165) is 6.42 Å². The van der Waals surface area contributed by atoms with Crippen LogP contribution in [0.4, 0.5) is 0 Å². The van der Waals surface area contributed by atoms with Gasteiger partial charge < -0.3 is 0 Å². The van der Waals surface area contributed by atoms with E-state index in [-0.39, 0.29) is 0 Å². The van der Waals surface area contributed by atoms with Crippen molar-refractivity contribution >= 4 is 11.8 Å². The van der Waals surface area contributed by atoms with E-state index in [1.165, 1.54) is 36.3 Å². The SMILES string of the molecule is C=CCC(C)(C)CCCCCSc1ccccc1. The molecule has 0 nitrogen and oxygen atoms in total. The monoisotopic (exact) mass is 262 g/mol. The van der Waals surface area contributed by atoms with E-state index in [0.29, 0.717) is 5.41 Å². The lowest BCUT2D eigenvalue weighted by Crippen LogP contribution is -2.09. The maximum absolute atomic E-state index is 3.83. The van der Waals surface area contributed by atoms with Gasteiger partial charge in [-0.15, -0.1) is 18.3 Å². The highest BCUT2D eigenvalue weighted by Crippen LogP contribution is 2.28. The summed E-state index contributed by atoms with van der Waals surface area (Å²) < 4.78 is 0. The van der Waals surface area contributed by atoms with E-state index in [1.54, 1.807) is 0 Å². The molecular weight excluding hydrogens is 236 g/mol. The smallest absolute Gasteiger partial charge is 0.00719 e. The van der Waals surface area contributed by atoms with Gasteiger partial charge in [-0.3, -0.25) is 0 Å². The second-order valence-electron chi connectivity index (χ2n) is 5.63. The molecule has 0 heterocycles. The van der Waals surface area contributed by atoms with Crippen molar-refractivity contribution < 1.29 is 0 Å². The fourth-order valence-corrected chi connectivity index (χ4v) is 3.02. The van der Waals surface area contributed by atoms with E-state index in [9.17, 15) is 0 Å². The quantitative estimate of drug-likeness (QED) is 0.301. The van der Waals surface area contributed by atoms with Gasteiger partial charge in [-0.05, 0) is 42.6 Å². The Kier molecular flexibility index (Phi) is 7.19. The molecule has 1 rings (SSSR count). The Bertz CT molecular complexity index is 327. The molecule has 18 heavy (non-hydrogen) atoms. The standard InChI is InChI=1S/C17H26S/c1-4-13-17(2,3)14-9-6-10-15-18-16-11-7-5-8-12-16/h4-5,7-8,11-12H,1,6,9-10,13-15H2,2-3H3. The molecule has 1 heteroatoms. The molecule has 1 aromatic rings. The number of hydrogen-bond donors (Lipinski definition) is 0. The zero-order chi connectivity index (χ0) is 13.3. The van der Waals surface area contributed by atoms with E-state index < -0.39 is 0 Å². The molecule has 100 valence electrons. The first kappa shape index (κ1) is 15.4. The summed E-state index contributed by atoms with van der Waals surface area (Å²) in [6.07, 6.45) is 8.51. The normalized spacial score (nSPS) is 11.4. The summed E-state index contributed by atoms with van der Waals surface area (Å²) in [7, 11) is 0. The predicted molar refractivity (Wildman–Crippen MR) is 84.2 cm³/mol. The van der Waals surface area contributed by atoms with Crippen molar-refractivity contribution in [2.75, 3.05) is 5.75 Å². The fourth-order valence-electron chi connectivity index (χ4n) is 2.08. The third-order valence-electron chi connectivity index (χ3n) is 3.21. The Balaban J connectivity index is 2.04. The number of thioether (sulfide) groups is 1. The number of hydrogen-bond acceptors (Lipinski definition) is 1. The van der Waals surface area contributed by atoms with Gasteiger partial charge in [0.15, 0.2) is 0 Å². The van der Waals surface area contributed by atoms with Crippen LogP contribution in [0, 0.1) is 5.41 Å². The van der Waals surface area contributed by atoms with Crippen molar-refractivity contribution in [2.45, 2.75) is 50.8 Å². The topological polar surface area (TPSA) is 0 Å². The number of benzene rings is 1. The molecule has 0 aliphatic heterocycles. The van der Waals surface area contributed by atoms with Crippen LogP contribution in [0.5, 0.6) is 0 Å². The second kappa shape index (κ2) is 8.42. The van der Waals surface area contributed by atoms with Gasteiger partial charge >= 0.3 is 0 Å². The summed E-state index contributed by atoms with van der Waals surface area (Å²) in [6, 6.07) is 10.7. The van der Waals surface area contributed by atoms with E-state index in [2.05, 4.69) is 50.8 Å². The van der Waals surface area contributed by atoms with Gasteiger partial charge in [0, 0.05) is 4.90 Å². The summed E-state index contributed by atoms with van der Waals surface area (Å²) in [6.45, 7) is 8.52. The minimum absolute atomic E-state index is 0.439. The van der Waals surface area contributed by atoms with E-state index in [1.807, 2.05) is 17.8 Å². The van der Waals surface area contributed by atoms with Gasteiger partial charge in [-0.25, -0.2) is 0 Å². The first-order valence-corrected chi connectivity index (χ1v) is 7.91. The van der Waals surface area contributed by atoms with Crippen LogP contribution in [0.25, 0.3) is 0 Å². The average molecular weight is 262 g/mol. The summed E-state index contributed by atoms with van der Waals surface area (Å²) in [4.78, 5) is 1.39. The number of allylic oxidation sites excluding steroid dienone is 1. The highest BCUT2D eigenvalue weighted by atomic mass is 32.2. The molecule has 1 aromatic carbocycles. The predicted octanol–water partition coefficient (Wildman–Crippen LogP) is 5.94. The summed E-state index contributed by atoms with van der Waals surface area (Å²) in [5.41, 5.74) is 0.439. The summed E-state index contributed by atoms with van der Waals surface area (Å²) in [5.74, 6) is 1.24. The maximum atomic E-state index is 3.83. The summed E-state index contributed by atoms with van der Waals surface area (Å²) in [5, 5.41) is 0. The number of rotatable bonds is 9. The fraction of sp³-hybridized carbons (Fsp3) is 0.529. The molecule has 0 fully saturated rings. The van der Waals surface area contributed by atoms with Crippen LogP contribution in [0.3, 0.4) is 0 Å². The first-order valence-electron chi connectivity index (χ1n) is 6.93. The molecule has 0 spiro atoms. The highest BCUT2D eigenvalue weighted by Gasteiger charge is 2.14. The Morgan fingerprint density at radius 2 is 1.83 bits per heavy atom. The second-order valence-corrected chi connectivity index (χ2v) is 6.80. The Morgan fingerprint density at radius 3 is 2.50 bits per heavy atom. The minimum atomic E-state index is 0.439. The molecule has 0 N–H and O–H groups in total. The Hall–Kier alpha value is -0.690. The van der Waals surface area contributed by atoms with Gasteiger partial charge in [0.25, 0.3) is 0 Å². The molecule has 0 aliphatic carbocycles. The first-order chi connectivity index (χ1) is 8.64. The van der Waals surface area contributed by atoms with Gasteiger partial charge in [0.05, 0.1) is 0 Å². The molecule has 0 aliphatic rings. The largest absolute Gasteiger partial charge is 0.126 e. The molecular formula is C17H26S. The van der Waals surface area contributed by atoms with Crippen molar-refractivity contribution in [1.29, 1.82) is 0 Å². The number of unbranched alkanes of at least 4 members (excludes halogenated alkanes) is 2. The van der Waals surface area contributed by atoms with Gasteiger partial charge in [0.1, 0.15) is 0 Å². The van der Waals surface area contributed by atoms with Gasteiger partial charge in [-0.2, -0.15) is 0 Å². The summed E-state index contributed by atoms with van der Waals surface area (Å²) >= 11 is 1.97. The van der Waals surface area contributed by atoms with Crippen molar-refractivity contribution in [3.8, 4) is 0 Å². The maximum Gasteiger partial charge on any atom is 0.00719 e. The molecule has 0 aromatic heterocycles. The van der Waals surface area contributed by atoms with Crippen molar-refractivity contribution in [3.05, 3.63) is 43.0 Å². The molecule has 0 saturated carbocycles. The lowest BCUT2D eigenvalue weighted by atomic mass is 9.84. The lowest BCUT2D eigenvalue weighted by molar-refractivity contribution is 0.325. The molecule has 0 radical (unpaired) electrons. The van der Waals surface area contributed by atoms with Crippen LogP contribution >= 0.6 is 11.8 Å². The van der Waals surface area contributed by atoms with Crippen LogP contribution in [0.2, 0.25) is 0 Å². The van der Waals surface area contributed by atoms with Gasteiger partial charge in [-0.1, -0.05) is 51.0 Å². The zero-order valence-corrected chi connectivity index (χ0v) is 12.6. The van der Waals surface area contributed by atoms with Crippen LogP contribution in [-0.2, 0) is 0 Å². The Labute approximate surface area is 117 Å². The third kappa shape index (κ3) is 6.90. The lowest BCUT2D eigenvalue weighted by Gasteiger charge is -2.22. The highest BCUT2D eigenvalue weighted by molar-refractivity contribution is 7.99. The van der Waals surface area contributed by atoms with E-state index in [4.69, 9.17) is 0 Å². The molecule has 0 saturated heterocycles. The molecule has 0 bridgehead atoms. The van der Waals surface area contributed by atoms with Gasteiger partial charge in [0.2, 0.25) is 0 Å². The van der Waals surface area contributed by atoms with Crippen LogP contribution in [0.15, 0.2) is 47.9 Å². The van der Waals surface area contributed by atoms with Crippen molar-refractivity contribution in [2.24, 2.45) is 5.41 Å². The molecule has 0 amide bonds. The van der Waals surface area contributed by atoms with Crippen LogP contribution in [0.1, 0.15) is 46.0 Å². The molecule has 0 unspecified atom stereocenters. The minimum Gasteiger partial charge on any atom is -0.126 e. The van der Waals surface area contributed by atoms with Crippen LogP contribution < -0.4 is 0 Å². The van der Waals surface area contributed by atoms with E-state index >= 15 is 0 Å². The average Bonchev–Trinajstić information content (AvgIpc) is 2.35. The zero-order valence-electron chi connectivity index (χ0n) is 11.8. The van der Waals surface area contributed by atoms with Crippen molar-refractivity contribution in [3.63, 3.8) is 0 Å². The van der Waals surface area contributed by atoms with Crippen molar-refractivity contribution in [1.82, 2.24) is 0 Å². The third-order valence-corrected chi connectivity index (χ3v) is 4.31. The van der Waals surface area contributed by atoms with Crippen LogP contribution in [-0.4, -0.2) is 5.75 Å². The Morgan fingerprint density at radius 1 is 1.11 bits per heavy atom. The molecule has 0 atom stereocenters.